The normalized spacial score (nSPS) is 27.2. The van der Waals surface area contributed by atoms with E-state index in [1.54, 1.807) is 0 Å². The van der Waals surface area contributed by atoms with E-state index in [1.165, 1.54) is 25.8 Å². The van der Waals surface area contributed by atoms with Crippen molar-refractivity contribution in [3.63, 3.8) is 0 Å². The minimum Gasteiger partial charge on any atom is -0.379 e. The number of aliphatic imine (C=N–C) groups is 1. The first kappa shape index (κ1) is 19.5. The number of likely N-dealkylation sites (tertiary alicyclic amines) is 1. The standard InChI is InChI=1S/C18H36N4O2/c1-4-19-18(20-12-16-8-6-7-10-22(16)5-2)21-15(3)13-24-17-9-11-23-14-17/h15-17H,4-14H2,1-3H3,(H2,19,20,21). The van der Waals surface area contributed by atoms with Gasteiger partial charge in [-0.15, -0.1) is 0 Å². The molecule has 2 N–H and O–H groups in total. The van der Waals surface area contributed by atoms with Gasteiger partial charge < -0.3 is 20.1 Å². The van der Waals surface area contributed by atoms with Crippen LogP contribution in [0.15, 0.2) is 4.99 Å². The lowest BCUT2D eigenvalue weighted by Crippen LogP contribution is -2.46. The lowest BCUT2D eigenvalue weighted by atomic mass is 10.0. The number of hydrogen-bond donors (Lipinski definition) is 2. The Hall–Kier alpha value is -0.850. The molecule has 2 rings (SSSR count). The number of nitrogens with zero attached hydrogens (tertiary/aromatic N) is 2. The van der Waals surface area contributed by atoms with Crippen molar-refractivity contribution in [3.05, 3.63) is 0 Å². The third-order valence-corrected chi connectivity index (χ3v) is 4.81. The number of guanidine groups is 1. The number of piperidine rings is 1. The van der Waals surface area contributed by atoms with E-state index >= 15 is 0 Å². The number of nitrogens with one attached hydrogen (secondary N) is 2. The molecule has 0 aromatic heterocycles. The summed E-state index contributed by atoms with van der Waals surface area (Å²) >= 11 is 0. The van der Waals surface area contributed by atoms with Crippen LogP contribution in [0, 0.1) is 0 Å². The van der Waals surface area contributed by atoms with Crippen LogP contribution in [0.5, 0.6) is 0 Å². The van der Waals surface area contributed by atoms with Gasteiger partial charge in [0.05, 0.1) is 25.9 Å². The van der Waals surface area contributed by atoms with E-state index in [1.807, 2.05) is 0 Å². The molecule has 2 aliphatic rings. The Bertz CT molecular complexity index is 372. The van der Waals surface area contributed by atoms with Crippen molar-refractivity contribution >= 4 is 5.96 Å². The molecule has 140 valence electrons. The predicted octanol–water partition coefficient (Wildman–Crippen LogP) is 1.61. The van der Waals surface area contributed by atoms with E-state index in [4.69, 9.17) is 14.5 Å². The molecule has 2 aliphatic heterocycles. The van der Waals surface area contributed by atoms with Gasteiger partial charge in [-0.05, 0) is 46.2 Å². The van der Waals surface area contributed by atoms with Crippen molar-refractivity contribution in [1.82, 2.24) is 15.5 Å². The molecule has 2 heterocycles. The van der Waals surface area contributed by atoms with Crippen LogP contribution in [0.4, 0.5) is 0 Å². The molecule has 0 aromatic rings. The summed E-state index contributed by atoms with van der Waals surface area (Å²) in [4.78, 5) is 7.39. The van der Waals surface area contributed by atoms with Crippen molar-refractivity contribution in [1.29, 1.82) is 0 Å². The average Bonchev–Trinajstić information content (AvgIpc) is 3.12. The summed E-state index contributed by atoms with van der Waals surface area (Å²) in [6, 6.07) is 0.818. The fourth-order valence-corrected chi connectivity index (χ4v) is 3.40. The molecular weight excluding hydrogens is 304 g/mol. The maximum absolute atomic E-state index is 5.89. The van der Waals surface area contributed by atoms with E-state index in [2.05, 4.69) is 36.3 Å². The molecule has 2 fully saturated rings. The van der Waals surface area contributed by atoms with Crippen molar-refractivity contribution < 1.29 is 9.47 Å². The number of rotatable bonds is 8. The van der Waals surface area contributed by atoms with Gasteiger partial charge in [0.1, 0.15) is 0 Å². The summed E-state index contributed by atoms with van der Waals surface area (Å²) in [6.45, 7) is 12.8. The van der Waals surface area contributed by atoms with E-state index in [9.17, 15) is 0 Å². The molecule has 3 unspecified atom stereocenters. The topological polar surface area (TPSA) is 58.1 Å². The number of ether oxygens (including phenoxy) is 2. The molecule has 3 atom stereocenters. The van der Waals surface area contributed by atoms with Gasteiger partial charge in [-0.25, -0.2) is 0 Å². The largest absolute Gasteiger partial charge is 0.379 e. The highest BCUT2D eigenvalue weighted by Crippen LogP contribution is 2.16. The van der Waals surface area contributed by atoms with Crippen molar-refractivity contribution in [2.24, 2.45) is 4.99 Å². The third kappa shape index (κ3) is 6.57. The second-order valence-corrected chi connectivity index (χ2v) is 6.86. The molecular formula is C18H36N4O2. The minimum absolute atomic E-state index is 0.233. The molecule has 0 spiro atoms. The molecule has 0 saturated carbocycles. The van der Waals surface area contributed by atoms with Crippen molar-refractivity contribution in [3.8, 4) is 0 Å². The summed E-state index contributed by atoms with van der Waals surface area (Å²) in [5.41, 5.74) is 0. The van der Waals surface area contributed by atoms with Crippen LogP contribution in [-0.4, -0.2) is 75.0 Å². The van der Waals surface area contributed by atoms with Gasteiger partial charge in [0.25, 0.3) is 0 Å². The van der Waals surface area contributed by atoms with E-state index in [-0.39, 0.29) is 12.1 Å². The van der Waals surface area contributed by atoms with Gasteiger partial charge in [-0.1, -0.05) is 13.3 Å². The third-order valence-electron chi connectivity index (χ3n) is 4.81. The first-order valence-corrected chi connectivity index (χ1v) is 9.71. The van der Waals surface area contributed by atoms with Crippen molar-refractivity contribution in [2.45, 2.75) is 64.6 Å². The molecule has 0 bridgehead atoms. The molecule has 0 aliphatic carbocycles. The lowest BCUT2D eigenvalue weighted by molar-refractivity contribution is 0.0347. The Morgan fingerprint density at radius 3 is 2.92 bits per heavy atom. The van der Waals surface area contributed by atoms with Crippen LogP contribution in [0.2, 0.25) is 0 Å². The number of hydrogen-bond acceptors (Lipinski definition) is 4. The fraction of sp³-hybridized carbons (Fsp3) is 0.944. The zero-order chi connectivity index (χ0) is 17.2. The Labute approximate surface area is 147 Å². The summed E-state index contributed by atoms with van der Waals surface area (Å²) in [5, 5.41) is 6.82. The zero-order valence-electron chi connectivity index (χ0n) is 15.7. The van der Waals surface area contributed by atoms with E-state index in [0.717, 1.165) is 45.2 Å². The predicted molar refractivity (Wildman–Crippen MR) is 98.6 cm³/mol. The second-order valence-electron chi connectivity index (χ2n) is 6.86. The molecule has 6 heteroatoms. The molecule has 0 radical (unpaired) electrons. The first-order chi connectivity index (χ1) is 11.7. The quantitative estimate of drug-likeness (QED) is 0.519. The summed E-state index contributed by atoms with van der Waals surface area (Å²) < 4.78 is 11.2. The van der Waals surface area contributed by atoms with Gasteiger partial charge in [0, 0.05) is 25.2 Å². The first-order valence-electron chi connectivity index (χ1n) is 9.71. The highest BCUT2D eigenvalue weighted by Gasteiger charge is 2.21. The van der Waals surface area contributed by atoms with E-state index in [0.29, 0.717) is 12.6 Å². The van der Waals surface area contributed by atoms with Crippen LogP contribution in [0.1, 0.15) is 46.5 Å². The summed E-state index contributed by atoms with van der Waals surface area (Å²) in [5.74, 6) is 0.901. The van der Waals surface area contributed by atoms with E-state index < -0.39 is 0 Å². The minimum atomic E-state index is 0.233. The van der Waals surface area contributed by atoms with Gasteiger partial charge >= 0.3 is 0 Å². The van der Waals surface area contributed by atoms with Gasteiger partial charge in [-0.2, -0.15) is 0 Å². The maximum atomic E-state index is 5.89. The Morgan fingerprint density at radius 2 is 2.21 bits per heavy atom. The average molecular weight is 341 g/mol. The van der Waals surface area contributed by atoms with Gasteiger partial charge in [0.15, 0.2) is 5.96 Å². The highest BCUT2D eigenvalue weighted by atomic mass is 16.5. The SMILES string of the molecule is CCNC(=NCC1CCCCN1CC)NC(C)COC1CCOC1. The van der Waals surface area contributed by atoms with Crippen LogP contribution in [0.3, 0.4) is 0 Å². The second kappa shape index (κ2) is 10.9. The van der Waals surface area contributed by atoms with Crippen LogP contribution < -0.4 is 10.6 Å². The smallest absolute Gasteiger partial charge is 0.191 e. The summed E-state index contributed by atoms with van der Waals surface area (Å²) in [6.07, 6.45) is 5.18. The van der Waals surface area contributed by atoms with Crippen LogP contribution in [0.25, 0.3) is 0 Å². The Kier molecular flexibility index (Phi) is 8.84. The van der Waals surface area contributed by atoms with Crippen LogP contribution in [-0.2, 0) is 9.47 Å². The molecule has 24 heavy (non-hydrogen) atoms. The lowest BCUT2D eigenvalue weighted by Gasteiger charge is -2.34. The fourth-order valence-electron chi connectivity index (χ4n) is 3.40. The zero-order valence-corrected chi connectivity index (χ0v) is 15.7. The maximum Gasteiger partial charge on any atom is 0.191 e. The van der Waals surface area contributed by atoms with Gasteiger partial charge in [0.2, 0.25) is 0 Å². The molecule has 2 saturated heterocycles. The number of likely N-dealkylation sites (N-methyl/N-ethyl adjacent to an activating group) is 1. The Morgan fingerprint density at radius 1 is 1.33 bits per heavy atom. The Balaban J connectivity index is 1.78. The molecule has 0 aromatic carbocycles. The van der Waals surface area contributed by atoms with Crippen molar-refractivity contribution in [2.75, 3.05) is 46.0 Å². The summed E-state index contributed by atoms with van der Waals surface area (Å²) in [7, 11) is 0. The molecule has 0 amide bonds. The molecule has 6 nitrogen and oxygen atoms in total. The highest BCUT2D eigenvalue weighted by molar-refractivity contribution is 5.80. The monoisotopic (exact) mass is 340 g/mol. The van der Waals surface area contributed by atoms with Gasteiger partial charge in [-0.3, -0.25) is 9.89 Å². The van der Waals surface area contributed by atoms with Crippen LogP contribution >= 0.6 is 0 Å².